The minimum atomic E-state index is -1.19. The average Bonchev–Trinajstić information content (AvgIpc) is 3.38. The van der Waals surface area contributed by atoms with Crippen molar-refractivity contribution in [3.05, 3.63) is 42.2 Å². The molecule has 0 amide bonds. The number of hydrogen-bond donors (Lipinski definition) is 2. The summed E-state index contributed by atoms with van der Waals surface area (Å²) in [5, 5.41) is 13.7. The smallest absolute Gasteiger partial charge is 0.171 e. The van der Waals surface area contributed by atoms with Gasteiger partial charge in [0.25, 0.3) is 0 Å². The molecule has 2 heterocycles. The van der Waals surface area contributed by atoms with Crippen LogP contribution >= 0.6 is 0 Å². The van der Waals surface area contributed by atoms with E-state index in [0.717, 1.165) is 36.6 Å². The molecule has 0 radical (unpaired) electrons. The van der Waals surface area contributed by atoms with Crippen molar-refractivity contribution in [1.29, 1.82) is 0 Å². The molecular weight excluding hydrogens is 468 g/mol. The standard InChI is InChI=1S/C28H40N4O3Si/c1-28(2,3)26(34)21-17-32(18-35-13-14-36(4,5)6)27-25(21)31-23(16-29-27)19-9-7-10-20(15-19)30-22-11-8-12-24(22)33/h7,9-10,15-17,22,24,30,33H,8,11-14,18H2,1-6H3/t22-,24+/m1/s1. The Labute approximate surface area is 215 Å². The number of carbonyl (C=O) groups excluding carboxylic acids is 1. The summed E-state index contributed by atoms with van der Waals surface area (Å²) >= 11 is 0. The van der Waals surface area contributed by atoms with E-state index < -0.39 is 13.5 Å². The molecule has 4 rings (SSSR count). The van der Waals surface area contributed by atoms with E-state index in [9.17, 15) is 9.90 Å². The van der Waals surface area contributed by atoms with Crippen molar-refractivity contribution in [1.82, 2.24) is 14.5 Å². The molecule has 1 aliphatic carbocycles. The molecule has 0 saturated heterocycles. The number of ether oxygens (including phenoxy) is 1. The number of carbonyl (C=O) groups is 1. The van der Waals surface area contributed by atoms with Crippen LogP contribution in [0.5, 0.6) is 0 Å². The van der Waals surface area contributed by atoms with Gasteiger partial charge in [0.05, 0.1) is 29.6 Å². The molecule has 194 valence electrons. The molecule has 2 atom stereocenters. The van der Waals surface area contributed by atoms with Crippen molar-refractivity contribution >= 4 is 30.7 Å². The lowest BCUT2D eigenvalue weighted by Crippen LogP contribution is -2.27. The highest BCUT2D eigenvalue weighted by atomic mass is 28.3. The zero-order valence-corrected chi connectivity index (χ0v) is 23.5. The highest BCUT2D eigenvalue weighted by Gasteiger charge is 2.28. The lowest BCUT2D eigenvalue weighted by Gasteiger charge is -2.18. The van der Waals surface area contributed by atoms with Crippen LogP contribution in [0.4, 0.5) is 5.69 Å². The van der Waals surface area contributed by atoms with Gasteiger partial charge in [-0.2, -0.15) is 0 Å². The first-order valence-electron chi connectivity index (χ1n) is 13.0. The lowest BCUT2D eigenvalue weighted by molar-refractivity contribution is 0.0849. The topological polar surface area (TPSA) is 89.3 Å². The Bertz CT molecular complexity index is 1230. The number of nitrogens with zero attached hydrogens (tertiary/aromatic N) is 3. The maximum atomic E-state index is 13.3. The molecule has 2 N–H and O–H groups in total. The SMILES string of the molecule is CC(C)(C)C(=O)c1cn(COCC[Si](C)(C)C)c2ncc(-c3cccc(N[C@@H]4CCC[C@@H]4O)c3)nc12. The number of Topliss-reactive ketones (excluding diaryl/α,β-unsaturated/α-hetero) is 1. The Morgan fingerprint density at radius 1 is 1.25 bits per heavy atom. The summed E-state index contributed by atoms with van der Waals surface area (Å²) in [6.07, 6.45) is 6.12. The van der Waals surface area contributed by atoms with Crippen LogP contribution in [0.15, 0.2) is 36.7 Å². The summed E-state index contributed by atoms with van der Waals surface area (Å²) in [6.45, 7) is 13.8. The molecule has 1 aliphatic rings. The van der Waals surface area contributed by atoms with Crippen molar-refractivity contribution in [3.8, 4) is 11.3 Å². The van der Waals surface area contributed by atoms with Crippen molar-refractivity contribution in [2.75, 3.05) is 11.9 Å². The normalized spacial score (nSPS) is 18.6. The number of fused-ring (bicyclic) bond motifs is 1. The van der Waals surface area contributed by atoms with Gasteiger partial charge in [-0.3, -0.25) is 4.79 Å². The van der Waals surface area contributed by atoms with Gasteiger partial charge in [-0.15, -0.1) is 0 Å². The molecule has 1 saturated carbocycles. The van der Waals surface area contributed by atoms with Gasteiger partial charge in [0, 0.05) is 37.5 Å². The second-order valence-electron chi connectivity index (χ2n) is 12.2. The van der Waals surface area contributed by atoms with Crippen LogP contribution in [-0.4, -0.2) is 52.3 Å². The van der Waals surface area contributed by atoms with Crippen molar-refractivity contribution < 1.29 is 14.6 Å². The Kier molecular flexibility index (Phi) is 7.69. The molecule has 0 unspecified atom stereocenters. The van der Waals surface area contributed by atoms with Gasteiger partial charge in [0.15, 0.2) is 11.4 Å². The monoisotopic (exact) mass is 508 g/mol. The third-order valence-corrected chi connectivity index (χ3v) is 8.41. The molecule has 1 aromatic carbocycles. The van der Waals surface area contributed by atoms with E-state index in [4.69, 9.17) is 14.7 Å². The predicted molar refractivity (Wildman–Crippen MR) is 148 cm³/mol. The molecule has 0 aliphatic heterocycles. The number of aromatic nitrogens is 3. The number of benzene rings is 1. The minimum absolute atomic E-state index is 0.0328. The predicted octanol–water partition coefficient (Wildman–Crippen LogP) is 5.96. The third kappa shape index (κ3) is 6.22. The first-order chi connectivity index (χ1) is 16.9. The van der Waals surface area contributed by atoms with Gasteiger partial charge in [0.2, 0.25) is 0 Å². The maximum Gasteiger partial charge on any atom is 0.171 e. The number of rotatable bonds is 9. The summed E-state index contributed by atoms with van der Waals surface area (Å²) in [5.74, 6) is 0.0328. The number of nitrogens with one attached hydrogen (secondary N) is 1. The van der Waals surface area contributed by atoms with Gasteiger partial charge >= 0.3 is 0 Å². The fourth-order valence-electron chi connectivity index (χ4n) is 4.49. The van der Waals surface area contributed by atoms with Crippen molar-refractivity contribution in [3.63, 3.8) is 0 Å². The highest BCUT2D eigenvalue weighted by Crippen LogP contribution is 2.30. The molecule has 0 bridgehead atoms. The van der Waals surface area contributed by atoms with Crippen LogP contribution in [0, 0.1) is 5.41 Å². The summed E-state index contributed by atoms with van der Waals surface area (Å²) in [4.78, 5) is 23.0. The average molecular weight is 509 g/mol. The van der Waals surface area contributed by atoms with Gasteiger partial charge in [-0.05, 0) is 37.4 Å². The number of hydrogen-bond acceptors (Lipinski definition) is 6. The summed E-state index contributed by atoms with van der Waals surface area (Å²) in [5.41, 5.74) is 3.85. The van der Waals surface area contributed by atoms with Gasteiger partial charge in [-0.1, -0.05) is 52.5 Å². The van der Waals surface area contributed by atoms with Crippen LogP contribution in [0.2, 0.25) is 25.7 Å². The van der Waals surface area contributed by atoms with E-state index in [1.54, 1.807) is 6.20 Å². The van der Waals surface area contributed by atoms with E-state index in [1.807, 2.05) is 55.8 Å². The van der Waals surface area contributed by atoms with Crippen LogP contribution in [0.25, 0.3) is 22.4 Å². The second kappa shape index (κ2) is 10.4. The molecule has 8 heteroatoms. The van der Waals surface area contributed by atoms with Crippen molar-refractivity contribution in [2.45, 2.75) is 84.6 Å². The first kappa shape index (κ1) is 26.5. The number of ketones is 1. The van der Waals surface area contributed by atoms with Gasteiger partial charge in [0.1, 0.15) is 12.2 Å². The van der Waals surface area contributed by atoms with E-state index in [2.05, 4.69) is 25.0 Å². The lowest BCUT2D eigenvalue weighted by atomic mass is 9.87. The maximum absolute atomic E-state index is 13.3. The second-order valence-corrected chi connectivity index (χ2v) is 17.8. The van der Waals surface area contributed by atoms with Crippen molar-refractivity contribution in [2.24, 2.45) is 5.41 Å². The van der Waals surface area contributed by atoms with E-state index in [0.29, 0.717) is 35.8 Å². The number of aliphatic hydroxyl groups is 1. The van der Waals surface area contributed by atoms with E-state index in [1.165, 1.54) is 0 Å². The van der Waals surface area contributed by atoms with Gasteiger partial charge in [-0.25, -0.2) is 9.97 Å². The Balaban J connectivity index is 1.65. The van der Waals surface area contributed by atoms with Crippen LogP contribution in [0.3, 0.4) is 0 Å². The Hall–Kier alpha value is -2.55. The molecule has 0 spiro atoms. The molecule has 3 aromatic rings. The summed E-state index contributed by atoms with van der Waals surface area (Å²) < 4.78 is 7.87. The minimum Gasteiger partial charge on any atom is -0.391 e. The third-order valence-electron chi connectivity index (χ3n) is 6.71. The Morgan fingerprint density at radius 2 is 2.03 bits per heavy atom. The van der Waals surface area contributed by atoms with Crippen LogP contribution < -0.4 is 5.32 Å². The highest BCUT2D eigenvalue weighted by molar-refractivity contribution is 6.76. The van der Waals surface area contributed by atoms with E-state index in [-0.39, 0.29) is 17.9 Å². The van der Waals surface area contributed by atoms with Crippen LogP contribution in [0.1, 0.15) is 50.4 Å². The number of aliphatic hydroxyl groups excluding tert-OH is 1. The molecular formula is C28H40N4O3Si. The molecule has 36 heavy (non-hydrogen) atoms. The quantitative estimate of drug-likeness (QED) is 0.210. The molecule has 7 nitrogen and oxygen atoms in total. The largest absolute Gasteiger partial charge is 0.391 e. The molecule has 1 fully saturated rings. The van der Waals surface area contributed by atoms with Crippen LogP contribution in [-0.2, 0) is 11.5 Å². The first-order valence-corrected chi connectivity index (χ1v) is 16.7. The fourth-order valence-corrected chi connectivity index (χ4v) is 5.25. The van der Waals surface area contributed by atoms with Gasteiger partial charge < -0.3 is 19.7 Å². The number of anilines is 1. The Morgan fingerprint density at radius 3 is 2.69 bits per heavy atom. The zero-order valence-electron chi connectivity index (χ0n) is 22.5. The summed E-state index contributed by atoms with van der Waals surface area (Å²) in [7, 11) is -1.19. The molecule has 2 aromatic heterocycles. The fraction of sp³-hybridized carbons (Fsp3) is 0.536. The summed E-state index contributed by atoms with van der Waals surface area (Å²) in [6, 6.07) is 9.15. The van der Waals surface area contributed by atoms with E-state index >= 15 is 0 Å². The zero-order chi connectivity index (χ0) is 26.1.